The first-order chi connectivity index (χ1) is 9.95. The predicted molar refractivity (Wildman–Crippen MR) is 84.9 cm³/mol. The molecule has 0 saturated carbocycles. The van der Waals surface area contributed by atoms with Crippen LogP contribution in [-0.4, -0.2) is 17.9 Å². The second kappa shape index (κ2) is 4.88. The number of amides is 1. The van der Waals surface area contributed by atoms with Crippen LogP contribution in [-0.2, 0) is 12.1 Å². The molecule has 1 aromatic heterocycles. The van der Waals surface area contributed by atoms with Gasteiger partial charge in [-0.25, -0.2) is 0 Å². The summed E-state index contributed by atoms with van der Waals surface area (Å²) in [6, 6.07) is 7.90. The van der Waals surface area contributed by atoms with Gasteiger partial charge in [0.15, 0.2) is 0 Å². The molecule has 21 heavy (non-hydrogen) atoms. The number of thiophene rings is 1. The standard InChI is InChI=1S/C17H19NO2S/c1-11-10-21-15-14(11)16(19)18(17(15,2)3)9-12-5-7-13(20-4)8-6-12/h5-8,10H,9H2,1-4H3. The van der Waals surface area contributed by atoms with Gasteiger partial charge in [-0.3, -0.25) is 4.79 Å². The summed E-state index contributed by atoms with van der Waals surface area (Å²) < 4.78 is 5.18. The zero-order valence-electron chi connectivity index (χ0n) is 12.8. The summed E-state index contributed by atoms with van der Waals surface area (Å²) in [5.74, 6) is 0.977. The number of aryl methyl sites for hydroxylation is 1. The fourth-order valence-electron chi connectivity index (χ4n) is 2.85. The Morgan fingerprint density at radius 1 is 1.24 bits per heavy atom. The van der Waals surface area contributed by atoms with Crippen molar-refractivity contribution in [3.63, 3.8) is 0 Å². The van der Waals surface area contributed by atoms with E-state index in [0.29, 0.717) is 6.54 Å². The fourth-order valence-corrected chi connectivity index (χ4v) is 4.03. The molecule has 1 aliphatic rings. The number of nitrogens with zero attached hydrogens (tertiary/aromatic N) is 1. The molecule has 2 heterocycles. The first-order valence-corrected chi connectivity index (χ1v) is 7.86. The highest BCUT2D eigenvalue weighted by atomic mass is 32.1. The summed E-state index contributed by atoms with van der Waals surface area (Å²) in [6.07, 6.45) is 0. The van der Waals surface area contributed by atoms with Gasteiger partial charge in [-0.2, -0.15) is 0 Å². The van der Waals surface area contributed by atoms with E-state index in [1.807, 2.05) is 36.1 Å². The van der Waals surface area contributed by atoms with Crippen molar-refractivity contribution in [2.24, 2.45) is 0 Å². The van der Waals surface area contributed by atoms with Gasteiger partial charge in [-0.05, 0) is 49.4 Å². The van der Waals surface area contributed by atoms with Crippen molar-refractivity contribution in [1.29, 1.82) is 0 Å². The predicted octanol–water partition coefficient (Wildman–Crippen LogP) is 3.96. The smallest absolute Gasteiger partial charge is 0.256 e. The highest BCUT2D eigenvalue weighted by molar-refractivity contribution is 7.10. The van der Waals surface area contributed by atoms with E-state index < -0.39 is 0 Å². The average molecular weight is 301 g/mol. The Bertz CT molecular complexity index is 685. The van der Waals surface area contributed by atoms with Gasteiger partial charge in [-0.15, -0.1) is 11.3 Å². The van der Waals surface area contributed by atoms with Gasteiger partial charge < -0.3 is 9.64 Å². The van der Waals surface area contributed by atoms with Crippen LogP contribution in [0.25, 0.3) is 0 Å². The molecule has 0 fully saturated rings. The van der Waals surface area contributed by atoms with Crippen molar-refractivity contribution in [2.75, 3.05) is 7.11 Å². The molecular weight excluding hydrogens is 282 g/mol. The molecule has 1 aromatic carbocycles. The lowest BCUT2D eigenvalue weighted by Crippen LogP contribution is -2.38. The minimum atomic E-state index is -0.245. The number of hydrogen-bond acceptors (Lipinski definition) is 3. The Balaban J connectivity index is 1.91. The van der Waals surface area contributed by atoms with E-state index in [2.05, 4.69) is 19.2 Å². The monoisotopic (exact) mass is 301 g/mol. The average Bonchev–Trinajstić information content (AvgIpc) is 2.94. The van der Waals surface area contributed by atoms with Crippen LogP contribution in [0.2, 0.25) is 0 Å². The number of hydrogen-bond donors (Lipinski definition) is 0. The number of carbonyl (C=O) groups is 1. The van der Waals surface area contributed by atoms with Gasteiger partial charge in [0.1, 0.15) is 5.75 Å². The third-order valence-electron chi connectivity index (χ3n) is 4.16. The number of fused-ring (bicyclic) bond motifs is 1. The molecule has 3 rings (SSSR count). The summed E-state index contributed by atoms with van der Waals surface area (Å²) in [7, 11) is 1.66. The molecule has 0 saturated heterocycles. The van der Waals surface area contributed by atoms with Crippen LogP contribution in [0.15, 0.2) is 29.6 Å². The maximum Gasteiger partial charge on any atom is 0.256 e. The molecule has 0 N–H and O–H groups in total. The van der Waals surface area contributed by atoms with E-state index in [0.717, 1.165) is 22.4 Å². The molecule has 0 bridgehead atoms. The van der Waals surface area contributed by atoms with Gasteiger partial charge in [-0.1, -0.05) is 12.1 Å². The summed E-state index contributed by atoms with van der Waals surface area (Å²) in [4.78, 5) is 15.9. The Morgan fingerprint density at radius 2 is 1.90 bits per heavy atom. The van der Waals surface area contributed by atoms with Gasteiger partial charge in [0.05, 0.1) is 18.2 Å². The van der Waals surface area contributed by atoms with Crippen LogP contribution < -0.4 is 4.74 Å². The quantitative estimate of drug-likeness (QED) is 0.859. The van der Waals surface area contributed by atoms with Crippen LogP contribution >= 0.6 is 11.3 Å². The topological polar surface area (TPSA) is 29.5 Å². The number of ether oxygens (including phenoxy) is 1. The van der Waals surface area contributed by atoms with Crippen LogP contribution in [0.5, 0.6) is 5.75 Å². The van der Waals surface area contributed by atoms with Crippen LogP contribution in [0, 0.1) is 6.92 Å². The van der Waals surface area contributed by atoms with E-state index >= 15 is 0 Å². The van der Waals surface area contributed by atoms with Crippen molar-refractivity contribution in [2.45, 2.75) is 32.9 Å². The Kier molecular flexibility index (Phi) is 3.29. The molecule has 3 nitrogen and oxygen atoms in total. The lowest BCUT2D eigenvalue weighted by atomic mass is 10.0. The lowest BCUT2D eigenvalue weighted by Gasteiger charge is -2.32. The summed E-state index contributed by atoms with van der Waals surface area (Å²) in [6.45, 7) is 6.88. The summed E-state index contributed by atoms with van der Waals surface area (Å²) in [5.41, 5.74) is 2.86. The molecule has 0 atom stereocenters. The van der Waals surface area contributed by atoms with E-state index in [4.69, 9.17) is 4.74 Å². The van der Waals surface area contributed by atoms with Gasteiger partial charge in [0.2, 0.25) is 0 Å². The maximum absolute atomic E-state index is 12.7. The third kappa shape index (κ3) is 2.14. The number of benzene rings is 1. The maximum atomic E-state index is 12.7. The Morgan fingerprint density at radius 3 is 2.48 bits per heavy atom. The Labute approximate surface area is 129 Å². The van der Waals surface area contributed by atoms with Crippen molar-refractivity contribution >= 4 is 17.2 Å². The summed E-state index contributed by atoms with van der Waals surface area (Å²) >= 11 is 1.69. The largest absolute Gasteiger partial charge is 0.497 e. The zero-order valence-corrected chi connectivity index (χ0v) is 13.6. The van der Waals surface area contributed by atoms with Gasteiger partial charge >= 0.3 is 0 Å². The second-order valence-electron chi connectivity index (χ2n) is 5.92. The molecule has 4 heteroatoms. The van der Waals surface area contributed by atoms with Crippen LogP contribution in [0.4, 0.5) is 0 Å². The molecule has 0 spiro atoms. The number of carbonyl (C=O) groups excluding carboxylic acids is 1. The van der Waals surface area contributed by atoms with Crippen molar-refractivity contribution < 1.29 is 9.53 Å². The number of rotatable bonds is 3. The van der Waals surface area contributed by atoms with E-state index in [1.165, 1.54) is 4.88 Å². The number of methoxy groups -OCH3 is 1. The van der Waals surface area contributed by atoms with E-state index in [1.54, 1.807) is 18.4 Å². The molecule has 0 unspecified atom stereocenters. The van der Waals surface area contributed by atoms with Crippen LogP contribution in [0.3, 0.4) is 0 Å². The SMILES string of the molecule is COc1ccc(CN2C(=O)c3c(C)csc3C2(C)C)cc1. The van der Waals surface area contributed by atoms with Crippen molar-refractivity contribution in [3.8, 4) is 5.75 Å². The molecule has 0 radical (unpaired) electrons. The normalized spacial score (nSPS) is 16.2. The summed E-state index contributed by atoms with van der Waals surface area (Å²) in [5, 5.41) is 2.08. The first kappa shape index (κ1) is 14.1. The fraction of sp³-hybridized carbons (Fsp3) is 0.353. The zero-order chi connectivity index (χ0) is 15.2. The molecule has 1 aliphatic heterocycles. The first-order valence-electron chi connectivity index (χ1n) is 6.98. The van der Waals surface area contributed by atoms with E-state index in [9.17, 15) is 4.79 Å². The van der Waals surface area contributed by atoms with Crippen molar-refractivity contribution in [1.82, 2.24) is 4.90 Å². The molecule has 2 aromatic rings. The molecule has 110 valence electrons. The lowest BCUT2D eigenvalue weighted by molar-refractivity contribution is 0.0598. The van der Waals surface area contributed by atoms with Gasteiger partial charge in [0, 0.05) is 11.4 Å². The minimum absolute atomic E-state index is 0.143. The molecule has 0 aliphatic carbocycles. The van der Waals surface area contributed by atoms with Crippen LogP contribution in [0.1, 0.15) is 40.2 Å². The van der Waals surface area contributed by atoms with Gasteiger partial charge in [0.25, 0.3) is 5.91 Å². The minimum Gasteiger partial charge on any atom is -0.497 e. The molecular formula is C17H19NO2S. The highest BCUT2D eigenvalue weighted by Crippen LogP contribution is 2.44. The highest BCUT2D eigenvalue weighted by Gasteiger charge is 2.44. The van der Waals surface area contributed by atoms with Crippen molar-refractivity contribution in [3.05, 3.63) is 51.2 Å². The Hall–Kier alpha value is -1.81. The molecule has 1 amide bonds. The van der Waals surface area contributed by atoms with E-state index in [-0.39, 0.29) is 11.4 Å². The second-order valence-corrected chi connectivity index (χ2v) is 6.80. The third-order valence-corrected chi connectivity index (χ3v) is 5.57.